The van der Waals surface area contributed by atoms with Crippen LogP contribution in [-0.4, -0.2) is 25.4 Å². The van der Waals surface area contributed by atoms with Crippen LogP contribution in [-0.2, 0) is 12.0 Å². The molecule has 33 heavy (non-hydrogen) atoms. The fraction of sp³-hybridized carbons (Fsp3) is 0.320. The number of rotatable bonds is 8. The minimum absolute atomic E-state index is 0.0937. The van der Waals surface area contributed by atoms with Crippen molar-refractivity contribution in [1.82, 2.24) is 5.32 Å². The average molecular weight is 524 g/mol. The third-order valence-electron chi connectivity index (χ3n) is 4.99. The lowest BCUT2D eigenvalue weighted by atomic mass is 9.87. The van der Waals surface area contributed by atoms with Crippen molar-refractivity contribution >= 4 is 57.6 Å². The number of hydrogen-bond acceptors (Lipinski definition) is 5. The Hall–Kier alpha value is -1.83. The third-order valence-corrected chi connectivity index (χ3v) is 6.92. The monoisotopic (exact) mass is 522 g/mol. The summed E-state index contributed by atoms with van der Waals surface area (Å²) in [5, 5.41) is 3.67. The van der Waals surface area contributed by atoms with Crippen molar-refractivity contribution in [3.05, 3.63) is 74.4 Å². The molecular weight excluding hydrogens is 495 g/mol. The van der Waals surface area contributed by atoms with Gasteiger partial charge in [0.15, 0.2) is 0 Å². The van der Waals surface area contributed by atoms with Gasteiger partial charge >= 0.3 is 0 Å². The number of benzene rings is 2. The quantitative estimate of drug-likeness (QED) is 0.247. The maximum absolute atomic E-state index is 6.14. The van der Waals surface area contributed by atoms with Gasteiger partial charge in [0.05, 0.1) is 8.67 Å². The second-order valence-electron chi connectivity index (χ2n) is 8.57. The fourth-order valence-corrected chi connectivity index (χ4v) is 4.73. The number of nitrogens with zero attached hydrogens (tertiary/aromatic N) is 1. The number of ether oxygens (including phenoxy) is 2. The van der Waals surface area contributed by atoms with Gasteiger partial charge in [-0.15, -0.1) is 11.3 Å². The minimum Gasteiger partial charge on any atom is -0.492 e. The van der Waals surface area contributed by atoms with Gasteiger partial charge in [0, 0.05) is 31.9 Å². The third kappa shape index (κ3) is 7.59. The molecule has 0 radical (unpaired) electrons. The van der Waals surface area contributed by atoms with E-state index in [-0.39, 0.29) is 5.41 Å². The van der Waals surface area contributed by atoms with E-state index in [0.717, 1.165) is 17.0 Å². The summed E-state index contributed by atoms with van der Waals surface area (Å²) in [4.78, 5) is 1.82. The van der Waals surface area contributed by atoms with Crippen LogP contribution < -0.4 is 19.7 Å². The molecule has 8 heteroatoms. The number of nitrogens with one attached hydrogen (secondary N) is 1. The van der Waals surface area contributed by atoms with Crippen LogP contribution in [0, 0.1) is 0 Å². The van der Waals surface area contributed by atoms with Crippen molar-refractivity contribution < 1.29 is 9.47 Å². The Morgan fingerprint density at radius 3 is 2.42 bits per heavy atom. The van der Waals surface area contributed by atoms with Gasteiger partial charge in [0.2, 0.25) is 0 Å². The van der Waals surface area contributed by atoms with Gasteiger partial charge in [-0.1, -0.05) is 62.2 Å². The van der Waals surface area contributed by atoms with Crippen LogP contribution in [0.1, 0.15) is 31.9 Å². The molecule has 1 heterocycles. The van der Waals surface area contributed by atoms with Crippen molar-refractivity contribution in [1.29, 1.82) is 0 Å². The summed E-state index contributed by atoms with van der Waals surface area (Å²) in [6, 6.07) is 17.7. The highest BCUT2D eigenvalue weighted by Gasteiger charge is 2.15. The highest BCUT2D eigenvalue weighted by atomic mass is 35.5. The van der Waals surface area contributed by atoms with E-state index < -0.39 is 0 Å². The Bertz CT molecular complexity index is 1080. The summed E-state index contributed by atoms with van der Waals surface area (Å²) >= 11 is 19.0. The molecule has 3 rings (SSSR count). The number of thiocarbonyl (C=S) groups is 1. The van der Waals surface area contributed by atoms with Gasteiger partial charge in [0.1, 0.15) is 18.1 Å². The lowest BCUT2D eigenvalue weighted by Crippen LogP contribution is -2.29. The van der Waals surface area contributed by atoms with Crippen LogP contribution in [0.4, 0.5) is 5.69 Å². The van der Waals surface area contributed by atoms with E-state index in [9.17, 15) is 0 Å². The summed E-state index contributed by atoms with van der Waals surface area (Å²) in [6.07, 6.45) is 0. The van der Waals surface area contributed by atoms with Gasteiger partial charge in [-0.3, -0.25) is 0 Å². The fourth-order valence-electron chi connectivity index (χ4n) is 3.04. The van der Waals surface area contributed by atoms with Crippen molar-refractivity contribution in [2.24, 2.45) is 0 Å². The number of anilines is 1. The molecular formula is C25H28Cl2N2O2S2. The zero-order valence-corrected chi connectivity index (χ0v) is 22.3. The molecule has 0 aliphatic rings. The van der Waals surface area contributed by atoms with E-state index in [2.05, 4.69) is 38.2 Å². The molecule has 0 saturated carbocycles. The van der Waals surface area contributed by atoms with Gasteiger partial charge in [-0.2, -0.15) is 0 Å². The maximum atomic E-state index is 6.14. The molecule has 1 N–H and O–H groups in total. The SMILES string of the molecule is CN(C(=S)Oc1ccc(C(C)(C)C)cc1)c1cccc(OCCNCc2cc(Cl)sc2Cl)c1. The molecule has 0 saturated heterocycles. The van der Waals surface area contributed by atoms with Crippen LogP contribution in [0.25, 0.3) is 0 Å². The van der Waals surface area contributed by atoms with Gasteiger partial charge in [0.25, 0.3) is 5.17 Å². The van der Waals surface area contributed by atoms with Crippen LogP contribution in [0.5, 0.6) is 11.5 Å². The number of hydrogen-bond donors (Lipinski definition) is 1. The topological polar surface area (TPSA) is 33.7 Å². The molecule has 1 aromatic heterocycles. The smallest absolute Gasteiger partial charge is 0.269 e. The van der Waals surface area contributed by atoms with E-state index in [1.807, 2.05) is 54.4 Å². The normalized spacial score (nSPS) is 11.3. The number of halogens is 2. The Kier molecular flexibility index (Phi) is 9.02. The van der Waals surface area contributed by atoms with E-state index in [4.69, 9.17) is 44.9 Å². The second-order valence-corrected chi connectivity index (χ2v) is 11.2. The van der Waals surface area contributed by atoms with Crippen LogP contribution in [0.2, 0.25) is 8.67 Å². The molecule has 0 fully saturated rings. The van der Waals surface area contributed by atoms with Crippen molar-refractivity contribution in [3.8, 4) is 11.5 Å². The summed E-state index contributed by atoms with van der Waals surface area (Å²) in [5.74, 6) is 1.47. The molecule has 0 unspecified atom stereocenters. The molecule has 4 nitrogen and oxygen atoms in total. The predicted octanol–water partition coefficient (Wildman–Crippen LogP) is 7.32. The second kappa shape index (κ2) is 11.5. The lowest BCUT2D eigenvalue weighted by molar-refractivity contribution is 0.314. The van der Waals surface area contributed by atoms with Gasteiger partial charge in [-0.05, 0) is 59.1 Å². The van der Waals surface area contributed by atoms with Gasteiger partial charge in [-0.25, -0.2) is 0 Å². The van der Waals surface area contributed by atoms with E-state index in [0.29, 0.717) is 39.3 Å². The molecule has 3 aromatic rings. The summed E-state index contributed by atoms with van der Waals surface area (Å²) in [5.41, 5.74) is 3.22. The first kappa shape index (κ1) is 25.8. The summed E-state index contributed by atoms with van der Waals surface area (Å²) in [7, 11) is 1.88. The molecule has 2 aromatic carbocycles. The minimum atomic E-state index is 0.0937. The van der Waals surface area contributed by atoms with E-state index >= 15 is 0 Å². The average Bonchev–Trinajstić information content (AvgIpc) is 3.09. The zero-order valence-electron chi connectivity index (χ0n) is 19.2. The van der Waals surface area contributed by atoms with E-state index in [1.165, 1.54) is 16.9 Å². The molecule has 0 aliphatic heterocycles. The highest BCUT2D eigenvalue weighted by Crippen LogP contribution is 2.31. The molecule has 0 spiro atoms. The van der Waals surface area contributed by atoms with Crippen molar-refractivity contribution in [2.75, 3.05) is 25.1 Å². The Labute approximate surface area is 215 Å². The van der Waals surface area contributed by atoms with Crippen molar-refractivity contribution in [3.63, 3.8) is 0 Å². The first-order chi connectivity index (χ1) is 15.6. The van der Waals surface area contributed by atoms with Crippen LogP contribution >= 0.6 is 46.8 Å². The van der Waals surface area contributed by atoms with Crippen LogP contribution in [0.3, 0.4) is 0 Å². The molecule has 0 bridgehead atoms. The largest absolute Gasteiger partial charge is 0.492 e. The highest BCUT2D eigenvalue weighted by molar-refractivity contribution is 7.80. The summed E-state index contributed by atoms with van der Waals surface area (Å²) < 4.78 is 13.2. The van der Waals surface area contributed by atoms with Gasteiger partial charge < -0.3 is 19.7 Å². The Balaban J connectivity index is 1.49. The first-order valence-electron chi connectivity index (χ1n) is 10.6. The molecule has 0 amide bonds. The maximum Gasteiger partial charge on any atom is 0.269 e. The first-order valence-corrected chi connectivity index (χ1v) is 12.5. The number of thiophene rings is 1. The zero-order chi connectivity index (χ0) is 24.0. The Morgan fingerprint density at radius 2 is 1.79 bits per heavy atom. The standard InChI is InChI=1S/C25H28Cl2N2O2S2/c1-25(2,3)18-8-10-20(11-9-18)31-24(32)29(4)19-6-5-7-21(15-19)30-13-12-28-16-17-14-22(26)33-23(17)27/h5-11,14-15,28H,12-13,16H2,1-4H3. The summed E-state index contributed by atoms with van der Waals surface area (Å²) in [6.45, 7) is 8.39. The molecule has 176 valence electrons. The Morgan fingerprint density at radius 1 is 1.06 bits per heavy atom. The molecule has 0 atom stereocenters. The lowest BCUT2D eigenvalue weighted by Gasteiger charge is -2.22. The predicted molar refractivity (Wildman–Crippen MR) is 145 cm³/mol. The van der Waals surface area contributed by atoms with Crippen molar-refractivity contribution in [2.45, 2.75) is 32.7 Å². The van der Waals surface area contributed by atoms with Crippen LogP contribution in [0.15, 0.2) is 54.6 Å². The van der Waals surface area contributed by atoms with E-state index in [1.54, 1.807) is 0 Å². The molecule has 0 aliphatic carbocycles.